The van der Waals surface area contributed by atoms with Crippen LogP contribution in [0.25, 0.3) is 11.8 Å². The molecule has 0 bridgehead atoms. The molecular formula is C20H20Cl2N2Zr. The molecule has 128 valence electrons. The zero-order valence-corrected chi connectivity index (χ0v) is 18.5. The molecule has 1 unspecified atom stereocenters. The molecule has 0 saturated heterocycles. The number of allylic oxidation sites excluding steroid dienone is 5. The first-order chi connectivity index (χ1) is 11.1. The summed E-state index contributed by atoms with van der Waals surface area (Å²) in [4.78, 5) is 0. The SMILES string of the molecule is CC1=C(C)C(C)=[C]([Zr+2][CH]2C(n3cccn3)=Cc3ccccc32)C1.[Cl-].[Cl-]. The average Bonchev–Trinajstić information content (AvgIpc) is 3.25. The third-order valence-electron chi connectivity index (χ3n) is 5.09. The molecule has 1 heterocycles. The molecule has 0 N–H and O–H groups in total. The molecule has 1 aromatic heterocycles. The van der Waals surface area contributed by atoms with Gasteiger partial charge < -0.3 is 24.8 Å². The van der Waals surface area contributed by atoms with Crippen molar-refractivity contribution in [2.75, 3.05) is 0 Å². The normalized spacial score (nSPS) is 18.4. The van der Waals surface area contributed by atoms with Gasteiger partial charge in [0.05, 0.1) is 0 Å². The fourth-order valence-electron chi connectivity index (χ4n) is 3.49. The summed E-state index contributed by atoms with van der Waals surface area (Å²) in [6, 6.07) is 10.9. The van der Waals surface area contributed by atoms with E-state index in [-0.39, 0.29) is 24.8 Å². The molecule has 2 aromatic rings. The molecular weight excluding hydrogens is 430 g/mol. The van der Waals surface area contributed by atoms with Crippen molar-refractivity contribution in [3.63, 3.8) is 0 Å². The van der Waals surface area contributed by atoms with Crippen LogP contribution >= 0.6 is 0 Å². The first-order valence-electron chi connectivity index (χ1n) is 8.08. The van der Waals surface area contributed by atoms with Gasteiger partial charge in [-0.3, -0.25) is 0 Å². The molecule has 4 rings (SSSR count). The maximum atomic E-state index is 4.50. The zero-order valence-electron chi connectivity index (χ0n) is 14.6. The van der Waals surface area contributed by atoms with Gasteiger partial charge in [0.25, 0.3) is 0 Å². The average molecular weight is 451 g/mol. The standard InChI is InChI=1S/C12H9N2.C8H11.2ClH.Zr/c1-2-5-11-9-12(8-10(11)4-1)14-7-3-6-13-14;1-6-4-5-7(2)8(6)3;;;/h1-9H;4H2,1-3H3;2*1H;/q;;;;+2/p-2. The number of benzene rings is 1. The minimum absolute atomic E-state index is 0. The van der Waals surface area contributed by atoms with Gasteiger partial charge in [0, 0.05) is 0 Å². The van der Waals surface area contributed by atoms with Crippen LogP contribution in [-0.2, 0) is 23.2 Å². The Morgan fingerprint density at radius 3 is 2.44 bits per heavy atom. The van der Waals surface area contributed by atoms with Gasteiger partial charge in [0.2, 0.25) is 0 Å². The van der Waals surface area contributed by atoms with Gasteiger partial charge in [-0.2, -0.15) is 0 Å². The molecule has 1 atom stereocenters. The minimum atomic E-state index is -0.753. The molecule has 0 radical (unpaired) electrons. The van der Waals surface area contributed by atoms with Crippen molar-refractivity contribution in [2.45, 2.75) is 30.8 Å². The van der Waals surface area contributed by atoms with Gasteiger partial charge in [0.1, 0.15) is 0 Å². The van der Waals surface area contributed by atoms with E-state index < -0.39 is 23.2 Å². The van der Waals surface area contributed by atoms with Crippen molar-refractivity contribution in [3.8, 4) is 0 Å². The number of hydrogen-bond donors (Lipinski definition) is 0. The summed E-state index contributed by atoms with van der Waals surface area (Å²) < 4.78 is 4.39. The predicted molar refractivity (Wildman–Crippen MR) is 91.3 cm³/mol. The monoisotopic (exact) mass is 448 g/mol. The molecule has 1 aromatic carbocycles. The van der Waals surface area contributed by atoms with E-state index in [4.69, 9.17) is 0 Å². The van der Waals surface area contributed by atoms with E-state index in [1.54, 1.807) is 14.4 Å². The van der Waals surface area contributed by atoms with E-state index >= 15 is 0 Å². The van der Waals surface area contributed by atoms with Crippen molar-refractivity contribution >= 4 is 11.8 Å². The second kappa shape index (κ2) is 8.21. The first kappa shape index (κ1) is 20.4. The molecule has 5 heteroatoms. The maximum absolute atomic E-state index is 4.50. The van der Waals surface area contributed by atoms with Crippen LogP contribution in [0.15, 0.2) is 62.7 Å². The van der Waals surface area contributed by atoms with Crippen LogP contribution in [0, 0.1) is 0 Å². The summed E-state index contributed by atoms with van der Waals surface area (Å²) >= 11 is -0.753. The Morgan fingerprint density at radius 1 is 1.04 bits per heavy atom. The Balaban J connectivity index is 0.00000113. The molecule has 0 aliphatic heterocycles. The fraction of sp³-hybridized carbons (Fsp3) is 0.250. The third-order valence-corrected chi connectivity index (χ3v) is 9.50. The van der Waals surface area contributed by atoms with Crippen molar-refractivity contribution in [1.82, 2.24) is 9.78 Å². The first-order valence-corrected chi connectivity index (χ1v) is 10.7. The number of fused-ring (bicyclic) bond motifs is 1. The number of aromatic nitrogens is 2. The Hall–Kier alpha value is -0.887. The van der Waals surface area contributed by atoms with Crippen LogP contribution in [0.4, 0.5) is 0 Å². The van der Waals surface area contributed by atoms with Crippen LogP contribution in [0.1, 0.15) is 41.9 Å². The van der Waals surface area contributed by atoms with Gasteiger partial charge in [-0.25, -0.2) is 0 Å². The Kier molecular flexibility index (Phi) is 6.70. The largest absolute Gasteiger partial charge is 1.00 e. The maximum Gasteiger partial charge on any atom is -1.00 e. The molecule has 0 fully saturated rings. The summed E-state index contributed by atoms with van der Waals surface area (Å²) in [6.07, 6.45) is 7.50. The number of halogens is 2. The van der Waals surface area contributed by atoms with E-state index in [1.165, 1.54) is 28.8 Å². The zero-order chi connectivity index (χ0) is 16.0. The molecule has 2 nitrogen and oxygen atoms in total. The van der Waals surface area contributed by atoms with Crippen molar-refractivity contribution in [2.24, 2.45) is 0 Å². The topological polar surface area (TPSA) is 17.8 Å². The molecule has 2 aliphatic carbocycles. The summed E-state index contributed by atoms with van der Waals surface area (Å²) in [5.41, 5.74) is 8.91. The second-order valence-electron chi connectivity index (χ2n) is 6.41. The van der Waals surface area contributed by atoms with Gasteiger partial charge in [0.15, 0.2) is 0 Å². The van der Waals surface area contributed by atoms with Crippen LogP contribution in [-0.4, -0.2) is 9.78 Å². The van der Waals surface area contributed by atoms with E-state index in [0.717, 1.165) is 0 Å². The molecule has 0 amide bonds. The van der Waals surface area contributed by atoms with Gasteiger partial charge >= 0.3 is 149 Å². The summed E-state index contributed by atoms with van der Waals surface area (Å²) in [7, 11) is 0. The quantitative estimate of drug-likeness (QED) is 0.589. The van der Waals surface area contributed by atoms with Crippen LogP contribution in [0.3, 0.4) is 0 Å². The Labute approximate surface area is 173 Å². The third kappa shape index (κ3) is 3.65. The van der Waals surface area contributed by atoms with Crippen LogP contribution in [0.2, 0.25) is 0 Å². The minimum Gasteiger partial charge on any atom is -1.00 e. The van der Waals surface area contributed by atoms with E-state index in [2.05, 4.69) is 67.1 Å². The van der Waals surface area contributed by atoms with Gasteiger partial charge in [-0.05, 0) is 0 Å². The molecule has 0 saturated carbocycles. The molecule has 0 spiro atoms. The van der Waals surface area contributed by atoms with Crippen LogP contribution < -0.4 is 24.8 Å². The van der Waals surface area contributed by atoms with Crippen molar-refractivity contribution in [3.05, 3.63) is 73.9 Å². The summed E-state index contributed by atoms with van der Waals surface area (Å²) in [5, 5.41) is 4.50. The number of hydrogen-bond acceptors (Lipinski definition) is 1. The predicted octanol–water partition coefficient (Wildman–Crippen LogP) is -0.959. The molecule has 25 heavy (non-hydrogen) atoms. The number of nitrogens with zero attached hydrogens (tertiary/aromatic N) is 2. The fourth-order valence-corrected chi connectivity index (χ4v) is 8.16. The van der Waals surface area contributed by atoms with E-state index in [0.29, 0.717) is 3.63 Å². The Morgan fingerprint density at radius 2 is 1.80 bits per heavy atom. The van der Waals surface area contributed by atoms with Crippen molar-refractivity contribution in [1.29, 1.82) is 0 Å². The van der Waals surface area contributed by atoms with E-state index in [9.17, 15) is 0 Å². The summed E-state index contributed by atoms with van der Waals surface area (Å²) in [5.74, 6) is 0. The Bertz CT molecular complexity index is 864. The van der Waals surface area contributed by atoms with Crippen molar-refractivity contribution < 1.29 is 48.0 Å². The van der Waals surface area contributed by atoms with Crippen LogP contribution in [0.5, 0.6) is 0 Å². The smallest absolute Gasteiger partial charge is 1.00 e. The van der Waals surface area contributed by atoms with Gasteiger partial charge in [-0.1, -0.05) is 0 Å². The van der Waals surface area contributed by atoms with E-state index in [1.807, 2.05) is 12.3 Å². The summed E-state index contributed by atoms with van der Waals surface area (Å²) in [6.45, 7) is 6.89. The molecule has 2 aliphatic rings. The number of rotatable bonds is 3. The second-order valence-corrected chi connectivity index (χ2v) is 10.0. The van der Waals surface area contributed by atoms with Gasteiger partial charge in [-0.15, -0.1) is 0 Å².